The van der Waals surface area contributed by atoms with Crippen molar-refractivity contribution in [2.45, 2.75) is 0 Å². The molecule has 0 bridgehead atoms. The van der Waals surface area contributed by atoms with Crippen LogP contribution in [0.2, 0.25) is 0 Å². The van der Waals surface area contributed by atoms with Crippen LogP contribution in [0.3, 0.4) is 0 Å². The first-order chi connectivity index (χ1) is 13.2. The summed E-state index contributed by atoms with van der Waals surface area (Å²) in [6, 6.07) is 16.6. The second-order valence-corrected chi connectivity index (χ2v) is 6.43. The van der Waals surface area contributed by atoms with Gasteiger partial charge >= 0.3 is 0 Å². The molecule has 0 saturated heterocycles. The Balaban J connectivity index is 1.96. The molecule has 27 heavy (non-hydrogen) atoms. The van der Waals surface area contributed by atoms with Crippen molar-refractivity contribution >= 4 is 34.6 Å². The molecule has 0 saturated carbocycles. The Kier molecular flexibility index (Phi) is 5.79. The van der Waals surface area contributed by atoms with Gasteiger partial charge in [0, 0.05) is 6.07 Å². The summed E-state index contributed by atoms with van der Waals surface area (Å²) in [6.07, 6.45) is 1.72. The minimum Gasteiger partial charge on any atom is -0.497 e. The fourth-order valence-electron chi connectivity index (χ4n) is 2.53. The molecule has 1 aliphatic heterocycles. The zero-order valence-electron chi connectivity index (χ0n) is 14.9. The molecule has 6 nitrogen and oxygen atoms in total. The number of ether oxygens (including phenoxy) is 2. The lowest BCUT2D eigenvalue weighted by atomic mass is 10.2. The van der Waals surface area contributed by atoms with Gasteiger partial charge in [-0.15, -0.1) is 0 Å². The summed E-state index contributed by atoms with van der Waals surface area (Å²) in [5.41, 5.74) is 1.78. The molecular formula is C20H17N3O3S. The summed E-state index contributed by atoms with van der Waals surface area (Å²) >= 11 is 1.22. The molecule has 2 aromatic rings. The van der Waals surface area contributed by atoms with Crippen LogP contribution < -0.4 is 14.4 Å². The van der Waals surface area contributed by atoms with E-state index in [9.17, 15) is 4.79 Å². The van der Waals surface area contributed by atoms with Crippen LogP contribution in [0.15, 0.2) is 59.2 Å². The van der Waals surface area contributed by atoms with Crippen molar-refractivity contribution in [2.24, 2.45) is 4.99 Å². The van der Waals surface area contributed by atoms with Gasteiger partial charge in [0.05, 0.1) is 31.7 Å². The van der Waals surface area contributed by atoms with Gasteiger partial charge in [0.1, 0.15) is 17.2 Å². The normalized spacial score (nSPS) is 14.9. The third-order valence-electron chi connectivity index (χ3n) is 3.83. The Bertz CT molecular complexity index is 946. The van der Waals surface area contributed by atoms with Crippen LogP contribution in [-0.4, -0.2) is 31.0 Å². The van der Waals surface area contributed by atoms with Gasteiger partial charge in [-0.1, -0.05) is 30.0 Å². The first-order valence-electron chi connectivity index (χ1n) is 8.09. The minimum absolute atomic E-state index is 0.197. The molecule has 1 amide bonds. The maximum absolute atomic E-state index is 13.0. The smallest absolute Gasteiger partial charge is 0.283 e. The SMILES string of the molecule is COc1ccc(/C=C2/N=C(SCC#N)N(c3cccc(OC)c3)C2=O)cc1. The zero-order valence-corrected chi connectivity index (χ0v) is 15.7. The molecule has 1 aliphatic rings. The maximum atomic E-state index is 13.0. The molecule has 136 valence electrons. The van der Waals surface area contributed by atoms with Crippen molar-refractivity contribution in [3.05, 3.63) is 59.8 Å². The number of nitriles is 1. The molecule has 0 aromatic heterocycles. The average molecular weight is 379 g/mol. The molecule has 3 rings (SSSR count). The quantitative estimate of drug-likeness (QED) is 0.741. The molecule has 7 heteroatoms. The van der Waals surface area contributed by atoms with E-state index in [1.54, 1.807) is 44.6 Å². The van der Waals surface area contributed by atoms with Gasteiger partial charge in [-0.2, -0.15) is 5.26 Å². The Morgan fingerprint density at radius 3 is 2.56 bits per heavy atom. The number of hydrogen-bond acceptors (Lipinski definition) is 6. The van der Waals surface area contributed by atoms with Gasteiger partial charge in [0.2, 0.25) is 0 Å². The second-order valence-electron chi connectivity index (χ2n) is 5.49. The number of aliphatic imine (C=N–C) groups is 1. The number of nitrogens with zero attached hydrogens (tertiary/aromatic N) is 3. The van der Waals surface area contributed by atoms with Crippen LogP contribution in [0.5, 0.6) is 11.5 Å². The van der Waals surface area contributed by atoms with E-state index in [0.717, 1.165) is 11.3 Å². The number of amides is 1. The van der Waals surface area contributed by atoms with Crippen LogP contribution in [0.25, 0.3) is 6.08 Å². The van der Waals surface area contributed by atoms with E-state index in [-0.39, 0.29) is 11.7 Å². The van der Waals surface area contributed by atoms with Crippen LogP contribution >= 0.6 is 11.8 Å². The highest BCUT2D eigenvalue weighted by atomic mass is 32.2. The molecule has 0 atom stereocenters. The van der Waals surface area contributed by atoms with Crippen LogP contribution in [0, 0.1) is 11.3 Å². The van der Waals surface area contributed by atoms with Crippen LogP contribution in [-0.2, 0) is 4.79 Å². The summed E-state index contributed by atoms with van der Waals surface area (Å²) in [5.74, 6) is 1.32. The molecule has 1 heterocycles. The number of benzene rings is 2. The third-order valence-corrected chi connectivity index (χ3v) is 4.63. The standard InChI is InChI=1S/C20H17N3O3S/c1-25-16-8-6-14(7-9-16)12-18-19(24)23(20(22-18)27-11-10-21)15-4-3-5-17(13-15)26-2/h3-9,12-13H,11H2,1-2H3/b18-12+. The van der Waals surface area contributed by atoms with E-state index in [1.165, 1.54) is 16.7 Å². The van der Waals surface area contributed by atoms with Gasteiger partial charge < -0.3 is 9.47 Å². The highest BCUT2D eigenvalue weighted by Gasteiger charge is 2.32. The van der Waals surface area contributed by atoms with Crippen molar-refractivity contribution in [2.75, 3.05) is 24.9 Å². The maximum Gasteiger partial charge on any atom is 0.283 e. The molecule has 0 fully saturated rings. The summed E-state index contributed by atoms with van der Waals surface area (Å²) in [7, 11) is 3.17. The topological polar surface area (TPSA) is 74.9 Å². The van der Waals surface area contributed by atoms with E-state index in [1.807, 2.05) is 24.3 Å². The third kappa shape index (κ3) is 4.13. The molecule has 0 radical (unpaired) electrons. The molecule has 0 N–H and O–H groups in total. The van der Waals surface area contributed by atoms with E-state index in [0.29, 0.717) is 22.3 Å². The molecular weight excluding hydrogens is 362 g/mol. The largest absolute Gasteiger partial charge is 0.497 e. The number of rotatable bonds is 5. The van der Waals surface area contributed by atoms with Crippen LogP contribution in [0.1, 0.15) is 5.56 Å². The lowest BCUT2D eigenvalue weighted by Crippen LogP contribution is -2.30. The first-order valence-corrected chi connectivity index (χ1v) is 9.07. The number of methoxy groups -OCH3 is 2. The Hall–Kier alpha value is -3.24. The predicted molar refractivity (Wildman–Crippen MR) is 107 cm³/mol. The fraction of sp³-hybridized carbons (Fsp3) is 0.150. The lowest BCUT2D eigenvalue weighted by molar-refractivity contribution is -0.113. The first kappa shape index (κ1) is 18.5. The number of carbonyl (C=O) groups excluding carboxylic acids is 1. The Morgan fingerprint density at radius 1 is 1.15 bits per heavy atom. The molecule has 0 unspecified atom stereocenters. The Morgan fingerprint density at radius 2 is 1.89 bits per heavy atom. The van der Waals surface area contributed by atoms with Crippen molar-refractivity contribution in [1.82, 2.24) is 0 Å². The lowest BCUT2D eigenvalue weighted by Gasteiger charge is -2.17. The van der Waals surface area contributed by atoms with Gasteiger partial charge in [-0.05, 0) is 35.9 Å². The number of hydrogen-bond donors (Lipinski definition) is 0. The number of carbonyl (C=O) groups is 1. The summed E-state index contributed by atoms with van der Waals surface area (Å²) in [4.78, 5) is 18.9. The predicted octanol–water partition coefficient (Wildman–Crippen LogP) is 3.70. The summed E-state index contributed by atoms with van der Waals surface area (Å²) in [6.45, 7) is 0. The van der Waals surface area contributed by atoms with Gasteiger partial charge in [0.15, 0.2) is 5.17 Å². The minimum atomic E-state index is -0.250. The Labute approximate surface area is 161 Å². The van der Waals surface area contributed by atoms with E-state index in [2.05, 4.69) is 11.1 Å². The van der Waals surface area contributed by atoms with E-state index in [4.69, 9.17) is 14.7 Å². The fourth-order valence-corrected chi connectivity index (χ4v) is 3.20. The number of amidine groups is 1. The molecule has 0 spiro atoms. The number of anilines is 1. The van der Waals surface area contributed by atoms with Gasteiger partial charge in [-0.25, -0.2) is 4.99 Å². The van der Waals surface area contributed by atoms with Gasteiger partial charge in [0.25, 0.3) is 5.91 Å². The molecule has 0 aliphatic carbocycles. The van der Waals surface area contributed by atoms with E-state index >= 15 is 0 Å². The highest BCUT2D eigenvalue weighted by molar-refractivity contribution is 8.14. The number of thioether (sulfide) groups is 1. The highest BCUT2D eigenvalue weighted by Crippen LogP contribution is 2.31. The van der Waals surface area contributed by atoms with Crippen molar-refractivity contribution < 1.29 is 14.3 Å². The van der Waals surface area contributed by atoms with Crippen molar-refractivity contribution in [1.29, 1.82) is 5.26 Å². The average Bonchev–Trinajstić information content (AvgIpc) is 3.02. The monoisotopic (exact) mass is 379 g/mol. The summed E-state index contributed by atoms with van der Waals surface area (Å²) in [5, 5.41) is 9.37. The van der Waals surface area contributed by atoms with Gasteiger partial charge in [-0.3, -0.25) is 9.69 Å². The summed E-state index contributed by atoms with van der Waals surface area (Å²) < 4.78 is 10.4. The van der Waals surface area contributed by atoms with E-state index < -0.39 is 0 Å². The van der Waals surface area contributed by atoms with Crippen LogP contribution in [0.4, 0.5) is 5.69 Å². The second kappa shape index (κ2) is 8.43. The van der Waals surface area contributed by atoms with Crippen molar-refractivity contribution in [3.63, 3.8) is 0 Å². The molecule has 2 aromatic carbocycles. The van der Waals surface area contributed by atoms with Crippen molar-refractivity contribution in [3.8, 4) is 17.6 Å². The zero-order chi connectivity index (χ0) is 19.2.